The summed E-state index contributed by atoms with van der Waals surface area (Å²) in [5.74, 6) is 0. The van der Waals surface area contributed by atoms with Gasteiger partial charge in [-0.15, -0.1) is 0 Å². The molecule has 428 valence electrons. The van der Waals surface area contributed by atoms with Crippen LogP contribution in [-0.4, -0.2) is 18.6 Å². The summed E-state index contributed by atoms with van der Waals surface area (Å²) in [4.78, 5) is 4.26. The molecule has 0 spiro atoms. The van der Waals surface area contributed by atoms with Crippen LogP contribution in [0.4, 0.5) is 0 Å². The van der Waals surface area contributed by atoms with Crippen molar-refractivity contribution in [1.82, 2.24) is 0 Å². The normalized spacial score (nSPS) is 9.89. The topological polar surface area (TPSA) is 0 Å². The van der Waals surface area contributed by atoms with Gasteiger partial charge in [0.25, 0.3) is 0 Å². The maximum atomic E-state index is 5.47. The maximum Gasteiger partial charge on any atom is 0.102 e. The minimum absolute atomic E-state index is 0. The molecular weight excluding hydrogens is 1620 g/mol. The summed E-state index contributed by atoms with van der Waals surface area (Å²) in [6, 6.07) is 130. The van der Waals surface area contributed by atoms with Crippen molar-refractivity contribution in [2.75, 3.05) is 0 Å². The van der Waals surface area contributed by atoms with Crippen molar-refractivity contribution < 1.29 is 42.1 Å². The number of hydrogen-bond acceptors (Lipinski definition) is 2. The Kier molecular flexibility index (Phi) is 35.7. The standard InChI is InChI=1S/4C18H15P.2CH3.ClH.2Pt.2H2S.Sn/c4*1-4-10-16(11-5-1)19(17-12-6-2-7-13-17)18-14-8-3-9-15-18;;;;;;;;/h4*1-15H;2*1H3;1H;;;2*1H2;/q;;;;;;;;;;;+2/p+1. The van der Waals surface area contributed by atoms with Crippen LogP contribution < -0.4 is 63.7 Å². The minimum Gasteiger partial charge on any atom is -0.813 e. The van der Waals surface area contributed by atoms with E-state index in [2.05, 4.69) is 374 Å². The number of hydrogen-bond donors (Lipinski definition) is 0. The molecule has 0 aromatic heterocycles. The molecule has 84 heavy (non-hydrogen) atoms. The average Bonchev–Trinajstić information content (AvgIpc) is 3.72. The second-order valence-corrected chi connectivity index (χ2v) is 38.8. The minimum atomic E-state index is -1.07. The van der Waals surface area contributed by atoms with Gasteiger partial charge in [-0.3, -0.25) is 0 Å². The van der Waals surface area contributed by atoms with Crippen molar-refractivity contribution in [1.29, 1.82) is 0 Å². The van der Waals surface area contributed by atoms with Crippen molar-refractivity contribution >= 4 is 150 Å². The first-order valence-electron chi connectivity index (χ1n) is 27.1. The Morgan fingerprint density at radius 3 is 0.298 bits per heavy atom. The van der Waals surface area contributed by atoms with Crippen LogP contribution in [-0.2, 0) is 69.1 Å². The first-order chi connectivity index (χ1) is 39.5. The number of halogens is 1. The third-order valence-corrected chi connectivity index (χ3v) is 23.7. The van der Waals surface area contributed by atoms with Crippen LogP contribution in [0.25, 0.3) is 0 Å². The molecule has 0 aliphatic heterocycles. The zero-order valence-electron chi connectivity index (χ0n) is 47.0. The van der Waals surface area contributed by atoms with Gasteiger partial charge in [-0.2, -0.15) is 0 Å². The van der Waals surface area contributed by atoms with E-state index in [0.717, 1.165) is 0 Å². The SMILES string of the molecule is [CH3][Sn+]([CH3])[Cl].[Pt].[Pt].[SH-].[SH-].c1ccc([PH+](c2ccccc2)c2ccccc2)cc1.c1ccc([PH+](c2ccccc2)c2ccccc2)cc1.c1ccc([PH+](c2ccccc2)c2ccccc2)cc1.c1ccc([PH+](c2ccccc2)c2ccccc2)cc1. The molecule has 0 saturated carbocycles. The van der Waals surface area contributed by atoms with Crippen molar-refractivity contribution in [3.63, 3.8) is 0 Å². The second-order valence-electron chi connectivity index (χ2n) is 18.8. The van der Waals surface area contributed by atoms with E-state index >= 15 is 0 Å². The van der Waals surface area contributed by atoms with E-state index in [1.54, 1.807) is 0 Å². The molecule has 0 N–H and O–H groups in total. The number of benzene rings is 12. The predicted octanol–water partition coefficient (Wildman–Crippen LogP) is 13.6. The summed E-state index contributed by atoms with van der Waals surface area (Å²) in [7, 11) is 1.96. The van der Waals surface area contributed by atoms with Crippen LogP contribution in [0.5, 0.6) is 0 Å². The zero-order chi connectivity index (χ0) is 55.2. The predicted molar refractivity (Wildman–Crippen MR) is 387 cm³/mol. The monoisotopic (exact) mass is 1690 g/mol. The molecule has 12 aromatic carbocycles. The Balaban J connectivity index is 0.000000231. The number of rotatable bonds is 12. The van der Waals surface area contributed by atoms with E-state index < -0.39 is 50.3 Å². The third kappa shape index (κ3) is 23.3. The molecule has 10 heteroatoms. The molecule has 0 fully saturated rings. The van der Waals surface area contributed by atoms with Gasteiger partial charge in [0.05, 0.1) is 31.7 Å². The maximum absolute atomic E-state index is 5.47. The first kappa shape index (κ1) is 72.0. The molecule has 12 rings (SSSR count). The largest absolute Gasteiger partial charge is 0.813 e. The Morgan fingerprint density at radius 2 is 0.238 bits per heavy atom. The van der Waals surface area contributed by atoms with Gasteiger partial charge < -0.3 is 27.0 Å². The van der Waals surface area contributed by atoms with E-state index in [-0.39, 0.29) is 69.1 Å². The van der Waals surface area contributed by atoms with Gasteiger partial charge in [-0.25, -0.2) is 0 Å². The molecular formula is C74H72ClP4Pt2S2Sn+3. The van der Waals surface area contributed by atoms with E-state index in [1.807, 2.05) is 0 Å². The molecule has 0 bridgehead atoms. The van der Waals surface area contributed by atoms with Crippen molar-refractivity contribution in [2.24, 2.45) is 0 Å². The van der Waals surface area contributed by atoms with Crippen molar-refractivity contribution in [2.45, 2.75) is 9.88 Å². The van der Waals surface area contributed by atoms with Crippen LogP contribution >= 0.6 is 40.6 Å². The van der Waals surface area contributed by atoms with Gasteiger partial charge in [0.15, 0.2) is 0 Å². The molecule has 0 radical (unpaired) electrons. The fourth-order valence-corrected chi connectivity index (χ4v) is 19.6. The average molecular weight is 1690 g/mol. The third-order valence-electron chi connectivity index (χ3n) is 12.7. The molecule has 0 amide bonds. The van der Waals surface area contributed by atoms with Crippen molar-refractivity contribution in [3.05, 3.63) is 364 Å². The van der Waals surface area contributed by atoms with Crippen molar-refractivity contribution in [3.8, 4) is 0 Å². The van der Waals surface area contributed by atoms with E-state index in [9.17, 15) is 0 Å². The summed E-state index contributed by atoms with van der Waals surface area (Å²) in [5.41, 5.74) is 0. The molecule has 0 heterocycles. The van der Waals surface area contributed by atoms with Gasteiger partial charge in [0, 0.05) is 42.1 Å². The Morgan fingerprint density at radius 1 is 0.179 bits per heavy atom. The van der Waals surface area contributed by atoms with Crippen LogP contribution in [0.3, 0.4) is 0 Å². The summed E-state index contributed by atoms with van der Waals surface area (Å²) in [6.07, 6.45) is 0. The quantitative estimate of drug-likeness (QED) is 0.0517. The molecule has 0 unspecified atom stereocenters. The summed E-state index contributed by atoms with van der Waals surface area (Å²) >= 11 is -1.07. The van der Waals surface area contributed by atoms with Crippen LogP contribution in [0, 0.1) is 0 Å². The van der Waals surface area contributed by atoms with E-state index in [4.69, 9.17) is 8.92 Å². The van der Waals surface area contributed by atoms with Gasteiger partial charge in [0.2, 0.25) is 0 Å². The molecule has 0 atom stereocenters. The Hall–Kier alpha value is -4.47. The summed E-state index contributed by atoms with van der Waals surface area (Å²) in [6.45, 7) is 0. The molecule has 0 aliphatic rings. The first-order valence-corrected chi connectivity index (χ1v) is 42.4. The van der Waals surface area contributed by atoms with Crippen LogP contribution in [0.15, 0.2) is 364 Å². The van der Waals surface area contributed by atoms with E-state index in [0.29, 0.717) is 0 Å². The van der Waals surface area contributed by atoms with Gasteiger partial charge in [0.1, 0.15) is 63.7 Å². The Labute approximate surface area is 559 Å². The fraction of sp³-hybridized carbons (Fsp3) is 0.0270. The Bertz CT molecular complexity index is 2660. The van der Waals surface area contributed by atoms with Crippen LogP contribution in [0.1, 0.15) is 0 Å². The molecule has 0 saturated heterocycles. The van der Waals surface area contributed by atoms with E-state index in [1.165, 1.54) is 63.7 Å². The zero-order valence-corrected chi connectivity index (χ0v) is 61.0. The molecule has 0 aliphatic carbocycles. The second kappa shape index (κ2) is 41.6. The summed E-state index contributed by atoms with van der Waals surface area (Å²) < 4.78 is 0. The fourth-order valence-electron chi connectivity index (χ4n) is 9.26. The van der Waals surface area contributed by atoms with Gasteiger partial charge >= 0.3 is 37.4 Å². The smallest absolute Gasteiger partial charge is 0.102 e. The molecule has 12 aromatic rings. The van der Waals surface area contributed by atoms with Gasteiger partial charge in [-0.1, -0.05) is 218 Å². The molecule has 0 nitrogen and oxygen atoms in total. The van der Waals surface area contributed by atoms with Crippen LogP contribution in [0.2, 0.25) is 9.88 Å². The van der Waals surface area contributed by atoms with Gasteiger partial charge in [-0.05, 0) is 146 Å². The summed E-state index contributed by atoms with van der Waals surface area (Å²) in [5, 5.41) is 17.2. The number of thiol groups is 2.